The van der Waals surface area contributed by atoms with Crippen LogP contribution in [-0.4, -0.2) is 28.3 Å². The number of aromatic nitrogens is 3. The molecule has 0 fully saturated rings. The minimum atomic E-state index is -0.819. The van der Waals surface area contributed by atoms with Crippen molar-refractivity contribution in [3.8, 4) is 11.5 Å². The van der Waals surface area contributed by atoms with Gasteiger partial charge in [0, 0.05) is 18.9 Å². The van der Waals surface area contributed by atoms with Crippen LogP contribution in [0.3, 0.4) is 0 Å². The Balaban J connectivity index is 2.23. The maximum atomic E-state index is 11.0. The molecule has 0 bridgehead atoms. The Hall–Kier alpha value is -1.99. The van der Waals surface area contributed by atoms with Gasteiger partial charge < -0.3 is 20.0 Å². The smallest absolute Gasteiger partial charge is 0.259 e. The van der Waals surface area contributed by atoms with E-state index < -0.39 is 5.54 Å². The number of rotatable bonds is 5. The molecule has 2 aromatic rings. The second-order valence-electron chi connectivity index (χ2n) is 4.42. The molecule has 0 amide bonds. The molecule has 19 heavy (non-hydrogen) atoms. The minimum Gasteiger partial charge on any atom is -0.379 e. The fourth-order valence-electron chi connectivity index (χ4n) is 1.49. The van der Waals surface area contributed by atoms with Crippen LogP contribution in [0.15, 0.2) is 27.6 Å². The molecule has 7 heteroatoms. The molecule has 0 aliphatic heterocycles. The Kier molecular flexibility index (Phi) is 3.77. The highest BCUT2D eigenvalue weighted by Crippen LogP contribution is 2.20. The van der Waals surface area contributed by atoms with Gasteiger partial charge in [-0.05, 0) is 19.9 Å². The van der Waals surface area contributed by atoms with Crippen molar-refractivity contribution < 1.29 is 9.26 Å². The van der Waals surface area contributed by atoms with E-state index in [-0.39, 0.29) is 5.56 Å². The zero-order valence-corrected chi connectivity index (χ0v) is 10.8. The third-order valence-corrected chi connectivity index (χ3v) is 2.57. The molecule has 0 saturated heterocycles. The molecule has 2 aromatic heterocycles. The molecule has 0 spiro atoms. The van der Waals surface area contributed by atoms with Crippen molar-refractivity contribution in [1.82, 2.24) is 15.1 Å². The van der Waals surface area contributed by atoms with Crippen LogP contribution >= 0.6 is 0 Å². The van der Waals surface area contributed by atoms with Gasteiger partial charge in [-0.3, -0.25) is 4.79 Å². The molecule has 0 radical (unpaired) electrons. The quantitative estimate of drug-likeness (QED) is 0.820. The average molecular weight is 264 g/mol. The van der Waals surface area contributed by atoms with E-state index in [4.69, 9.17) is 15.0 Å². The van der Waals surface area contributed by atoms with Crippen molar-refractivity contribution >= 4 is 0 Å². The van der Waals surface area contributed by atoms with Gasteiger partial charge in [-0.1, -0.05) is 5.16 Å². The number of aromatic amines is 1. The molecule has 1 atom stereocenters. The standard InChI is InChI=1S/C12H16N4O3/c1-3-18-7-12(2,13)11-15-10(19-16-11)8-4-5-9(17)14-6-8/h4-6H,3,7,13H2,1-2H3,(H,14,17). The number of H-pyrrole nitrogens is 1. The summed E-state index contributed by atoms with van der Waals surface area (Å²) in [6, 6.07) is 2.99. The maximum absolute atomic E-state index is 11.0. The Morgan fingerprint density at radius 3 is 2.95 bits per heavy atom. The number of nitrogens with one attached hydrogen (secondary N) is 1. The van der Waals surface area contributed by atoms with Crippen molar-refractivity contribution in [1.29, 1.82) is 0 Å². The third-order valence-electron chi connectivity index (χ3n) is 2.57. The number of nitrogens with two attached hydrogens (primary N) is 1. The van der Waals surface area contributed by atoms with E-state index in [0.717, 1.165) is 0 Å². The van der Waals surface area contributed by atoms with E-state index >= 15 is 0 Å². The van der Waals surface area contributed by atoms with E-state index in [2.05, 4.69) is 15.1 Å². The topological polar surface area (TPSA) is 107 Å². The summed E-state index contributed by atoms with van der Waals surface area (Å²) in [6.07, 6.45) is 1.51. The van der Waals surface area contributed by atoms with Gasteiger partial charge >= 0.3 is 0 Å². The molecular weight excluding hydrogens is 248 g/mol. The van der Waals surface area contributed by atoms with Crippen LogP contribution < -0.4 is 11.3 Å². The second kappa shape index (κ2) is 5.33. The molecule has 0 aromatic carbocycles. The van der Waals surface area contributed by atoms with E-state index in [0.29, 0.717) is 30.5 Å². The molecule has 0 saturated carbocycles. The van der Waals surface area contributed by atoms with Gasteiger partial charge in [0.15, 0.2) is 5.82 Å². The largest absolute Gasteiger partial charge is 0.379 e. The fourth-order valence-corrected chi connectivity index (χ4v) is 1.49. The summed E-state index contributed by atoms with van der Waals surface area (Å²) in [7, 11) is 0. The van der Waals surface area contributed by atoms with Gasteiger partial charge in [0.1, 0.15) is 5.54 Å². The monoisotopic (exact) mass is 264 g/mol. The second-order valence-corrected chi connectivity index (χ2v) is 4.42. The number of nitrogens with zero attached hydrogens (tertiary/aromatic N) is 2. The maximum Gasteiger partial charge on any atom is 0.259 e. The van der Waals surface area contributed by atoms with Crippen LogP contribution in [0, 0.1) is 0 Å². The van der Waals surface area contributed by atoms with Crippen LogP contribution in [0.2, 0.25) is 0 Å². The number of hydrogen-bond acceptors (Lipinski definition) is 6. The minimum absolute atomic E-state index is 0.191. The predicted molar refractivity (Wildman–Crippen MR) is 68.4 cm³/mol. The summed E-state index contributed by atoms with van der Waals surface area (Å²) in [5.41, 5.74) is 5.69. The lowest BCUT2D eigenvalue weighted by Gasteiger charge is -2.19. The van der Waals surface area contributed by atoms with E-state index in [1.807, 2.05) is 6.92 Å². The van der Waals surface area contributed by atoms with Gasteiger partial charge in [-0.25, -0.2) is 0 Å². The van der Waals surface area contributed by atoms with Crippen LogP contribution in [0.1, 0.15) is 19.7 Å². The van der Waals surface area contributed by atoms with Gasteiger partial charge in [0.2, 0.25) is 5.56 Å². The summed E-state index contributed by atoms with van der Waals surface area (Å²) in [4.78, 5) is 17.7. The summed E-state index contributed by atoms with van der Waals surface area (Å²) < 4.78 is 10.4. The Morgan fingerprint density at radius 1 is 1.53 bits per heavy atom. The normalized spacial score (nSPS) is 14.3. The molecule has 1 unspecified atom stereocenters. The van der Waals surface area contributed by atoms with E-state index in [1.165, 1.54) is 12.3 Å². The zero-order chi connectivity index (χ0) is 13.9. The summed E-state index contributed by atoms with van der Waals surface area (Å²) in [6.45, 7) is 4.52. The van der Waals surface area contributed by atoms with Crippen molar-refractivity contribution in [3.05, 3.63) is 34.5 Å². The van der Waals surface area contributed by atoms with E-state index in [9.17, 15) is 4.79 Å². The highest BCUT2D eigenvalue weighted by atomic mass is 16.5. The first-order valence-corrected chi connectivity index (χ1v) is 5.93. The lowest BCUT2D eigenvalue weighted by atomic mass is 10.1. The van der Waals surface area contributed by atoms with Crippen molar-refractivity contribution in [2.24, 2.45) is 5.73 Å². The molecule has 0 aliphatic carbocycles. The lowest BCUT2D eigenvalue weighted by molar-refractivity contribution is 0.0962. The molecule has 7 nitrogen and oxygen atoms in total. The molecule has 2 heterocycles. The van der Waals surface area contributed by atoms with Crippen molar-refractivity contribution in [3.63, 3.8) is 0 Å². The van der Waals surface area contributed by atoms with E-state index in [1.54, 1.807) is 13.0 Å². The van der Waals surface area contributed by atoms with Crippen LogP contribution in [0.4, 0.5) is 0 Å². The van der Waals surface area contributed by atoms with Crippen LogP contribution in [-0.2, 0) is 10.3 Å². The summed E-state index contributed by atoms with van der Waals surface area (Å²) in [5.74, 6) is 0.668. The van der Waals surface area contributed by atoms with Crippen LogP contribution in [0.25, 0.3) is 11.5 Å². The fraction of sp³-hybridized carbons (Fsp3) is 0.417. The highest BCUT2D eigenvalue weighted by molar-refractivity contribution is 5.50. The lowest BCUT2D eigenvalue weighted by Crippen LogP contribution is -2.39. The van der Waals surface area contributed by atoms with Gasteiger partial charge in [0.25, 0.3) is 5.89 Å². The predicted octanol–water partition coefficient (Wildman–Crippen LogP) is 0.635. The highest BCUT2D eigenvalue weighted by Gasteiger charge is 2.28. The zero-order valence-electron chi connectivity index (χ0n) is 10.8. The van der Waals surface area contributed by atoms with Crippen molar-refractivity contribution in [2.75, 3.05) is 13.2 Å². The number of ether oxygens (including phenoxy) is 1. The SMILES string of the molecule is CCOCC(C)(N)c1noc(-c2ccc(=O)[nH]c2)n1. The summed E-state index contributed by atoms with van der Waals surface area (Å²) >= 11 is 0. The van der Waals surface area contributed by atoms with Crippen LogP contribution in [0.5, 0.6) is 0 Å². The van der Waals surface area contributed by atoms with Gasteiger partial charge in [-0.2, -0.15) is 4.98 Å². The number of hydrogen-bond donors (Lipinski definition) is 2. The molecule has 2 rings (SSSR count). The molecule has 102 valence electrons. The third kappa shape index (κ3) is 3.07. The molecule has 0 aliphatic rings. The molecular formula is C12H16N4O3. The van der Waals surface area contributed by atoms with Gasteiger partial charge in [0.05, 0.1) is 12.2 Å². The average Bonchev–Trinajstić information content (AvgIpc) is 2.88. The van der Waals surface area contributed by atoms with Gasteiger partial charge in [-0.15, -0.1) is 0 Å². The molecule has 3 N–H and O–H groups in total. The first-order chi connectivity index (χ1) is 9.03. The Labute approximate surface area is 109 Å². The summed E-state index contributed by atoms with van der Waals surface area (Å²) in [5, 5.41) is 3.86. The first kappa shape index (κ1) is 13.4. The van der Waals surface area contributed by atoms with Crippen molar-refractivity contribution in [2.45, 2.75) is 19.4 Å². The Morgan fingerprint density at radius 2 is 2.32 bits per heavy atom. The Bertz CT molecular complexity index is 583. The number of pyridine rings is 1. The first-order valence-electron chi connectivity index (χ1n) is 5.93.